The van der Waals surface area contributed by atoms with Gasteiger partial charge in [-0.05, 0) is 55.8 Å². The van der Waals surface area contributed by atoms with E-state index in [1.54, 1.807) is 23.9 Å². The fourth-order valence-electron chi connectivity index (χ4n) is 4.77. The van der Waals surface area contributed by atoms with Gasteiger partial charge in [-0.1, -0.05) is 48.5 Å². The number of ether oxygens (including phenoxy) is 1. The highest BCUT2D eigenvalue weighted by molar-refractivity contribution is 6.03. The minimum absolute atomic E-state index is 0.0458. The summed E-state index contributed by atoms with van der Waals surface area (Å²) >= 11 is 0. The van der Waals surface area contributed by atoms with E-state index in [0.29, 0.717) is 6.61 Å². The van der Waals surface area contributed by atoms with Gasteiger partial charge in [0.2, 0.25) is 0 Å². The highest BCUT2D eigenvalue weighted by Gasteiger charge is 2.31. The summed E-state index contributed by atoms with van der Waals surface area (Å²) in [7, 11) is 1.70. The quantitative estimate of drug-likeness (QED) is 0.307. The number of carbonyl (C=O) groups is 1. The van der Waals surface area contributed by atoms with Crippen molar-refractivity contribution in [1.29, 1.82) is 0 Å². The molecular weight excluding hydrogens is 441 g/mol. The molecule has 0 N–H and O–H groups in total. The number of aryl methyl sites for hydroxylation is 2. The Balaban J connectivity index is 0.00000167. The summed E-state index contributed by atoms with van der Waals surface area (Å²) in [5.74, 6) is -0.319. The van der Waals surface area contributed by atoms with Gasteiger partial charge in [-0.2, -0.15) is 9.78 Å². The maximum Gasteiger partial charge on any atom is 0.252 e. The number of aromatic nitrogens is 3. The van der Waals surface area contributed by atoms with Crippen LogP contribution in [0.4, 0.5) is 4.39 Å². The summed E-state index contributed by atoms with van der Waals surface area (Å²) in [6.45, 7) is 18.5. The van der Waals surface area contributed by atoms with E-state index in [4.69, 9.17) is 4.74 Å². The minimum Gasteiger partial charge on any atom is -0.384 e. The predicted molar refractivity (Wildman–Crippen MR) is 142 cm³/mol. The zero-order valence-electron chi connectivity index (χ0n) is 22.7. The van der Waals surface area contributed by atoms with E-state index in [1.807, 2.05) is 41.5 Å². The zero-order valence-corrected chi connectivity index (χ0v) is 22.7. The summed E-state index contributed by atoms with van der Waals surface area (Å²) in [6.07, 6.45) is 0. The Morgan fingerprint density at radius 1 is 0.971 bits per heavy atom. The van der Waals surface area contributed by atoms with E-state index in [0.717, 1.165) is 44.4 Å². The van der Waals surface area contributed by atoms with Crippen LogP contribution in [0.3, 0.4) is 0 Å². The second-order valence-electron chi connectivity index (χ2n) is 10.5. The summed E-state index contributed by atoms with van der Waals surface area (Å²) in [5.41, 5.74) is 4.81. The van der Waals surface area contributed by atoms with Crippen LogP contribution in [0.1, 0.15) is 70.2 Å². The Morgan fingerprint density at radius 2 is 1.54 bits per heavy atom. The maximum atomic E-state index is 13.7. The Bertz CT molecular complexity index is 1370. The Hall–Kier alpha value is -2.99. The van der Waals surface area contributed by atoms with Crippen molar-refractivity contribution >= 4 is 27.7 Å². The third-order valence-corrected chi connectivity index (χ3v) is 6.27. The van der Waals surface area contributed by atoms with Crippen LogP contribution in [0.2, 0.25) is 0 Å². The van der Waals surface area contributed by atoms with E-state index >= 15 is 0 Å². The number of carbonyl (C=O) groups excluding carboxylic acids is 1. The van der Waals surface area contributed by atoms with E-state index in [1.165, 1.54) is 12.1 Å². The molecule has 0 aliphatic heterocycles. The molecule has 188 valence electrons. The van der Waals surface area contributed by atoms with Crippen molar-refractivity contribution < 1.29 is 13.9 Å². The zero-order chi connectivity index (χ0) is 26.3. The fourth-order valence-corrected chi connectivity index (χ4v) is 4.77. The largest absolute Gasteiger partial charge is 0.384 e. The first-order valence-electron chi connectivity index (χ1n) is 12.2. The van der Waals surface area contributed by atoms with Gasteiger partial charge in [0.25, 0.3) is 5.91 Å². The summed E-state index contributed by atoms with van der Waals surface area (Å²) in [6, 6.07) is 10.7. The van der Waals surface area contributed by atoms with E-state index in [2.05, 4.69) is 42.6 Å². The van der Waals surface area contributed by atoms with Crippen molar-refractivity contribution in [3.8, 4) is 5.69 Å². The third-order valence-electron chi connectivity index (χ3n) is 6.27. The molecule has 2 heterocycles. The first-order chi connectivity index (χ1) is 16.4. The molecule has 0 bridgehead atoms. The predicted octanol–water partition coefficient (Wildman–Crippen LogP) is 7.37. The molecule has 0 atom stereocenters. The second-order valence-corrected chi connectivity index (χ2v) is 10.5. The molecule has 0 spiro atoms. The number of halogens is 1. The normalized spacial score (nSPS) is 12.2. The number of nitrogens with zero attached hydrogens (tertiary/aromatic N) is 3. The van der Waals surface area contributed by atoms with E-state index < -0.39 is 5.41 Å². The molecule has 0 unspecified atom stereocenters. The summed E-state index contributed by atoms with van der Waals surface area (Å²) < 4.78 is 23.0. The molecule has 0 fully saturated rings. The lowest BCUT2D eigenvalue weighted by Crippen LogP contribution is -2.27. The fraction of sp³-hybridized carbons (Fsp3) is 0.448. The molecule has 0 saturated heterocycles. The molecule has 4 rings (SSSR count). The van der Waals surface area contributed by atoms with Gasteiger partial charge in [0.15, 0.2) is 0 Å². The van der Waals surface area contributed by atoms with Gasteiger partial charge in [0.05, 0.1) is 23.3 Å². The number of methoxy groups -OCH3 is 1. The van der Waals surface area contributed by atoms with Crippen LogP contribution in [0.15, 0.2) is 36.4 Å². The van der Waals surface area contributed by atoms with Crippen LogP contribution in [0.5, 0.6) is 0 Å². The lowest BCUT2D eigenvalue weighted by atomic mass is 9.87. The molecule has 0 radical (unpaired) electrons. The van der Waals surface area contributed by atoms with Gasteiger partial charge in [0, 0.05) is 40.1 Å². The van der Waals surface area contributed by atoms with Crippen molar-refractivity contribution in [2.75, 3.05) is 13.7 Å². The molecule has 0 amide bonds. The topological polar surface area (TPSA) is 49.0 Å². The van der Waals surface area contributed by atoms with Crippen molar-refractivity contribution in [3.05, 3.63) is 59.2 Å². The SMILES string of the molecule is CC.COCC(C)(C)c1c(C)c2cc3c(cc2n1-c1ccc(F)cc1)c(C)nn3C(=O)C(C)(C)C. The molecule has 0 saturated carbocycles. The van der Waals surface area contributed by atoms with Gasteiger partial charge >= 0.3 is 0 Å². The van der Waals surface area contributed by atoms with Crippen LogP contribution in [-0.4, -0.2) is 34.0 Å². The Labute approximate surface area is 207 Å². The molecule has 2 aromatic heterocycles. The summed E-state index contributed by atoms with van der Waals surface area (Å²) in [5, 5.41) is 6.56. The molecule has 4 aromatic rings. The standard InChI is InChI=1S/C27H32FN3O2.C2H6/c1-16-20-13-23-21(17(2)29-31(23)25(32)26(3,4)5)14-22(20)30(19-11-9-18(28)10-12-19)24(16)27(6,7)15-33-8;1-2/h9-14H,15H2,1-8H3;1-2H3. The lowest BCUT2D eigenvalue weighted by Gasteiger charge is -2.27. The molecule has 5 nitrogen and oxygen atoms in total. The van der Waals surface area contributed by atoms with Crippen molar-refractivity contribution in [2.45, 2.75) is 67.7 Å². The number of fused-ring (bicyclic) bond motifs is 2. The van der Waals surface area contributed by atoms with Crippen LogP contribution >= 0.6 is 0 Å². The van der Waals surface area contributed by atoms with Crippen molar-refractivity contribution in [1.82, 2.24) is 14.3 Å². The van der Waals surface area contributed by atoms with Crippen molar-refractivity contribution in [2.24, 2.45) is 5.41 Å². The monoisotopic (exact) mass is 479 g/mol. The molecule has 6 heteroatoms. The van der Waals surface area contributed by atoms with Crippen LogP contribution in [0.25, 0.3) is 27.5 Å². The molecule has 0 aliphatic rings. The van der Waals surface area contributed by atoms with E-state index in [9.17, 15) is 9.18 Å². The maximum absolute atomic E-state index is 13.7. The molecule has 2 aromatic carbocycles. The Morgan fingerprint density at radius 3 is 2.09 bits per heavy atom. The second kappa shape index (κ2) is 9.57. The Kier molecular flexibility index (Phi) is 7.28. The van der Waals surface area contributed by atoms with Gasteiger partial charge < -0.3 is 9.30 Å². The number of rotatable bonds is 4. The van der Waals surface area contributed by atoms with Gasteiger partial charge in [-0.15, -0.1) is 0 Å². The van der Waals surface area contributed by atoms with Gasteiger partial charge in [0.1, 0.15) is 5.82 Å². The minimum atomic E-state index is -0.555. The van der Waals surface area contributed by atoms with Crippen LogP contribution in [0, 0.1) is 25.1 Å². The van der Waals surface area contributed by atoms with E-state index in [-0.39, 0.29) is 17.1 Å². The molecule has 35 heavy (non-hydrogen) atoms. The smallest absolute Gasteiger partial charge is 0.252 e. The first kappa shape index (κ1) is 26.6. The number of hydrogen-bond acceptors (Lipinski definition) is 3. The van der Waals surface area contributed by atoms with Gasteiger partial charge in [-0.3, -0.25) is 4.79 Å². The van der Waals surface area contributed by atoms with Crippen molar-refractivity contribution in [3.63, 3.8) is 0 Å². The number of benzene rings is 2. The summed E-state index contributed by atoms with van der Waals surface area (Å²) in [4.78, 5) is 13.1. The van der Waals surface area contributed by atoms with Gasteiger partial charge in [-0.25, -0.2) is 4.39 Å². The molecule has 0 aliphatic carbocycles. The lowest BCUT2D eigenvalue weighted by molar-refractivity contribution is 0.0755. The van der Waals surface area contributed by atoms with Crippen LogP contribution in [-0.2, 0) is 10.2 Å². The van der Waals surface area contributed by atoms with Crippen LogP contribution < -0.4 is 0 Å². The number of hydrogen-bond donors (Lipinski definition) is 0. The average molecular weight is 480 g/mol. The highest BCUT2D eigenvalue weighted by atomic mass is 19.1. The first-order valence-corrected chi connectivity index (χ1v) is 12.2. The third kappa shape index (κ3) is 4.64. The average Bonchev–Trinajstić information content (AvgIpc) is 3.27. The molecular formula is C29H38FN3O2. The highest BCUT2D eigenvalue weighted by Crippen LogP contribution is 2.39.